The Balaban J connectivity index is 2.18. The van der Waals surface area contributed by atoms with Crippen LogP contribution < -0.4 is 10.5 Å². The molecule has 1 atom stereocenters. The molecule has 0 fully saturated rings. The largest absolute Gasteiger partial charge is 0.456 e. The van der Waals surface area contributed by atoms with Gasteiger partial charge in [-0.15, -0.1) is 0 Å². The van der Waals surface area contributed by atoms with Crippen molar-refractivity contribution in [3.63, 3.8) is 0 Å². The fourth-order valence-electron chi connectivity index (χ4n) is 1.44. The third-order valence-corrected chi connectivity index (χ3v) is 2.73. The lowest BCUT2D eigenvalue weighted by Crippen LogP contribution is -2.06. The van der Waals surface area contributed by atoms with Gasteiger partial charge in [0.2, 0.25) is 0 Å². The molecule has 2 N–H and O–H groups in total. The summed E-state index contributed by atoms with van der Waals surface area (Å²) in [5.41, 5.74) is 6.53. The van der Waals surface area contributed by atoms with E-state index in [0.717, 1.165) is 5.69 Å². The second-order valence-corrected chi connectivity index (χ2v) is 4.79. The number of ether oxygens (including phenoxy) is 1. The number of rotatable bonds is 3. The van der Waals surface area contributed by atoms with Gasteiger partial charge in [-0.1, -0.05) is 23.2 Å². The molecule has 2 aromatic rings. The summed E-state index contributed by atoms with van der Waals surface area (Å²) >= 11 is 11.8. The maximum atomic E-state index is 5.89. The zero-order valence-electron chi connectivity index (χ0n) is 9.73. The lowest BCUT2D eigenvalue weighted by Gasteiger charge is -2.08. The minimum absolute atomic E-state index is 0.0975. The SMILES string of the molecule is C[C@@H](N)c1ccc(Oc2cc(Cl)cc(Cl)c2)cn1. The predicted molar refractivity (Wildman–Crippen MR) is 73.4 cm³/mol. The number of hydrogen-bond acceptors (Lipinski definition) is 3. The Morgan fingerprint density at radius 3 is 2.28 bits per heavy atom. The van der Waals surface area contributed by atoms with Crippen molar-refractivity contribution in [1.29, 1.82) is 0 Å². The van der Waals surface area contributed by atoms with E-state index in [1.807, 2.05) is 13.0 Å². The van der Waals surface area contributed by atoms with Crippen LogP contribution in [0.15, 0.2) is 36.5 Å². The van der Waals surface area contributed by atoms with Gasteiger partial charge in [0.05, 0.1) is 11.9 Å². The Labute approximate surface area is 115 Å². The molecule has 0 saturated carbocycles. The van der Waals surface area contributed by atoms with Gasteiger partial charge in [-0.3, -0.25) is 4.98 Å². The highest BCUT2D eigenvalue weighted by Crippen LogP contribution is 2.28. The molecule has 1 aromatic heterocycles. The molecule has 94 valence electrons. The van der Waals surface area contributed by atoms with Gasteiger partial charge in [-0.05, 0) is 37.3 Å². The van der Waals surface area contributed by atoms with Gasteiger partial charge in [-0.25, -0.2) is 0 Å². The number of benzene rings is 1. The number of pyridine rings is 1. The third-order valence-electron chi connectivity index (χ3n) is 2.30. The van der Waals surface area contributed by atoms with Gasteiger partial charge in [-0.2, -0.15) is 0 Å². The van der Waals surface area contributed by atoms with Crippen LogP contribution in [0.4, 0.5) is 0 Å². The highest BCUT2D eigenvalue weighted by atomic mass is 35.5. The van der Waals surface area contributed by atoms with Gasteiger partial charge in [0.1, 0.15) is 11.5 Å². The first-order chi connectivity index (χ1) is 8.54. The molecule has 2 rings (SSSR count). The molecule has 1 aromatic carbocycles. The van der Waals surface area contributed by atoms with E-state index in [9.17, 15) is 0 Å². The molecular weight excluding hydrogens is 271 g/mol. The molecule has 18 heavy (non-hydrogen) atoms. The molecule has 0 bridgehead atoms. The van der Waals surface area contributed by atoms with Crippen LogP contribution in [0.25, 0.3) is 0 Å². The minimum atomic E-state index is -0.0975. The fraction of sp³-hybridized carbons (Fsp3) is 0.154. The Hall–Kier alpha value is -1.29. The van der Waals surface area contributed by atoms with Crippen molar-refractivity contribution in [2.24, 2.45) is 5.73 Å². The number of hydrogen-bond donors (Lipinski definition) is 1. The van der Waals surface area contributed by atoms with Crippen LogP contribution in [-0.2, 0) is 0 Å². The van der Waals surface area contributed by atoms with E-state index in [1.165, 1.54) is 0 Å². The van der Waals surface area contributed by atoms with Crippen molar-refractivity contribution in [2.45, 2.75) is 13.0 Å². The van der Waals surface area contributed by atoms with Crippen LogP contribution in [0.3, 0.4) is 0 Å². The number of halogens is 2. The molecule has 0 saturated heterocycles. The minimum Gasteiger partial charge on any atom is -0.456 e. The smallest absolute Gasteiger partial charge is 0.145 e. The van der Waals surface area contributed by atoms with Crippen molar-refractivity contribution in [3.8, 4) is 11.5 Å². The van der Waals surface area contributed by atoms with Crippen LogP contribution in [0.5, 0.6) is 11.5 Å². The van der Waals surface area contributed by atoms with E-state index < -0.39 is 0 Å². The van der Waals surface area contributed by atoms with Gasteiger partial charge in [0, 0.05) is 16.1 Å². The Bertz CT molecular complexity index is 521. The topological polar surface area (TPSA) is 48.1 Å². The second kappa shape index (κ2) is 5.57. The van der Waals surface area contributed by atoms with E-state index in [2.05, 4.69) is 4.98 Å². The van der Waals surface area contributed by atoms with E-state index in [4.69, 9.17) is 33.7 Å². The van der Waals surface area contributed by atoms with Crippen LogP contribution in [0.1, 0.15) is 18.7 Å². The predicted octanol–water partition coefficient (Wildman–Crippen LogP) is 4.20. The lowest BCUT2D eigenvalue weighted by molar-refractivity contribution is 0.479. The van der Waals surface area contributed by atoms with Crippen molar-refractivity contribution in [2.75, 3.05) is 0 Å². The monoisotopic (exact) mass is 282 g/mol. The van der Waals surface area contributed by atoms with Crippen LogP contribution in [0, 0.1) is 0 Å². The van der Waals surface area contributed by atoms with Gasteiger partial charge in [0.25, 0.3) is 0 Å². The summed E-state index contributed by atoms with van der Waals surface area (Å²) in [6.45, 7) is 1.87. The van der Waals surface area contributed by atoms with Crippen molar-refractivity contribution < 1.29 is 4.74 Å². The van der Waals surface area contributed by atoms with Crippen LogP contribution >= 0.6 is 23.2 Å². The first-order valence-electron chi connectivity index (χ1n) is 5.40. The number of nitrogens with zero attached hydrogens (tertiary/aromatic N) is 1. The highest BCUT2D eigenvalue weighted by Gasteiger charge is 2.04. The van der Waals surface area contributed by atoms with Crippen molar-refractivity contribution >= 4 is 23.2 Å². The molecule has 0 aliphatic rings. The fourth-order valence-corrected chi connectivity index (χ4v) is 1.95. The summed E-state index contributed by atoms with van der Waals surface area (Å²) in [5, 5.41) is 1.05. The molecule has 3 nitrogen and oxygen atoms in total. The quantitative estimate of drug-likeness (QED) is 0.918. The van der Waals surface area contributed by atoms with E-state index in [-0.39, 0.29) is 6.04 Å². The van der Waals surface area contributed by atoms with E-state index in [0.29, 0.717) is 21.5 Å². The van der Waals surface area contributed by atoms with Crippen LogP contribution in [-0.4, -0.2) is 4.98 Å². The van der Waals surface area contributed by atoms with E-state index >= 15 is 0 Å². The molecule has 1 heterocycles. The first-order valence-corrected chi connectivity index (χ1v) is 6.15. The summed E-state index contributed by atoms with van der Waals surface area (Å²) in [6, 6.07) is 8.56. The normalized spacial score (nSPS) is 12.2. The second-order valence-electron chi connectivity index (χ2n) is 3.91. The molecule has 0 amide bonds. The first kappa shape index (κ1) is 13.1. The zero-order valence-corrected chi connectivity index (χ0v) is 11.2. The molecule has 0 aliphatic carbocycles. The van der Waals surface area contributed by atoms with Crippen molar-refractivity contribution in [3.05, 3.63) is 52.3 Å². The Kier molecular flexibility index (Phi) is 4.07. The van der Waals surface area contributed by atoms with E-state index in [1.54, 1.807) is 30.5 Å². The van der Waals surface area contributed by atoms with Crippen molar-refractivity contribution in [1.82, 2.24) is 4.98 Å². The Morgan fingerprint density at radius 2 is 1.78 bits per heavy atom. The summed E-state index contributed by atoms with van der Waals surface area (Å²) in [4.78, 5) is 4.20. The Morgan fingerprint density at radius 1 is 1.11 bits per heavy atom. The summed E-state index contributed by atoms with van der Waals surface area (Å²) in [5.74, 6) is 1.18. The molecule has 5 heteroatoms. The number of aromatic nitrogens is 1. The third kappa shape index (κ3) is 3.35. The summed E-state index contributed by atoms with van der Waals surface area (Å²) < 4.78 is 5.60. The molecular formula is C13H12Cl2N2O. The molecule has 0 unspecified atom stereocenters. The van der Waals surface area contributed by atoms with Gasteiger partial charge in [0.15, 0.2) is 0 Å². The van der Waals surface area contributed by atoms with Gasteiger partial charge >= 0.3 is 0 Å². The maximum absolute atomic E-state index is 5.89. The molecule has 0 aliphatic heterocycles. The lowest BCUT2D eigenvalue weighted by atomic mass is 10.2. The average molecular weight is 283 g/mol. The number of nitrogens with two attached hydrogens (primary N) is 1. The summed E-state index contributed by atoms with van der Waals surface area (Å²) in [6.07, 6.45) is 1.62. The highest BCUT2D eigenvalue weighted by molar-refractivity contribution is 6.34. The molecule has 0 spiro atoms. The average Bonchev–Trinajstić information content (AvgIpc) is 2.28. The van der Waals surface area contributed by atoms with Crippen LogP contribution in [0.2, 0.25) is 10.0 Å². The molecule has 0 radical (unpaired) electrons. The standard InChI is InChI=1S/C13H12Cl2N2O/c1-8(16)13-3-2-11(7-17-13)18-12-5-9(14)4-10(15)6-12/h2-8H,16H2,1H3/t8-/m1/s1. The van der Waals surface area contributed by atoms with Gasteiger partial charge < -0.3 is 10.5 Å². The maximum Gasteiger partial charge on any atom is 0.145 e. The summed E-state index contributed by atoms with van der Waals surface area (Å²) in [7, 11) is 0. The zero-order chi connectivity index (χ0) is 13.1.